The summed E-state index contributed by atoms with van der Waals surface area (Å²) in [6.45, 7) is 7.26. The molecule has 0 spiro atoms. The van der Waals surface area contributed by atoms with Crippen LogP contribution in [0, 0.1) is 12.8 Å². The second-order valence-corrected chi connectivity index (χ2v) is 9.47. The molecule has 156 valence electrons. The number of benzene rings is 2. The molecule has 1 fully saturated rings. The van der Waals surface area contributed by atoms with Crippen molar-refractivity contribution in [2.45, 2.75) is 44.9 Å². The van der Waals surface area contributed by atoms with Crippen LogP contribution < -0.4 is 14.4 Å². The minimum Gasteiger partial charge on any atom is -0.493 e. The van der Waals surface area contributed by atoms with Crippen LogP contribution in [0.2, 0.25) is 0 Å². The summed E-state index contributed by atoms with van der Waals surface area (Å²) in [6, 6.07) is 11.6. The monoisotopic (exact) mass is 416 g/mol. The standard InChI is InChI=1S/C22H28N2O4S/c1-16(2)15-28-19-9-11-20(12-10-19)29(26,27)23-18-8-7-17(3)21(14-18)24-13-5-4-6-22(24)25/h7-12,14,16,23H,4-6,13,15H2,1-3H3. The van der Waals surface area contributed by atoms with Crippen molar-refractivity contribution < 1.29 is 17.9 Å². The Bertz CT molecular complexity index is 969. The Hall–Kier alpha value is -2.54. The Morgan fingerprint density at radius 3 is 2.48 bits per heavy atom. The normalized spacial score (nSPS) is 14.9. The van der Waals surface area contributed by atoms with Crippen LogP contribution in [0.5, 0.6) is 5.75 Å². The van der Waals surface area contributed by atoms with E-state index in [1.807, 2.05) is 13.0 Å². The molecule has 3 rings (SSSR count). The maximum atomic E-state index is 12.8. The van der Waals surface area contributed by atoms with E-state index in [0.29, 0.717) is 36.9 Å². The highest BCUT2D eigenvalue weighted by molar-refractivity contribution is 7.92. The Balaban J connectivity index is 1.78. The molecule has 1 N–H and O–H groups in total. The van der Waals surface area contributed by atoms with Crippen LogP contribution in [0.25, 0.3) is 0 Å². The quantitative estimate of drug-likeness (QED) is 0.728. The summed E-state index contributed by atoms with van der Waals surface area (Å²) >= 11 is 0. The maximum Gasteiger partial charge on any atom is 0.261 e. The average molecular weight is 417 g/mol. The third-order valence-electron chi connectivity index (χ3n) is 4.79. The van der Waals surface area contributed by atoms with E-state index in [4.69, 9.17) is 4.74 Å². The lowest BCUT2D eigenvalue weighted by Gasteiger charge is -2.28. The summed E-state index contributed by atoms with van der Waals surface area (Å²) in [5.41, 5.74) is 2.13. The molecule has 0 bridgehead atoms. The van der Waals surface area contributed by atoms with Gasteiger partial charge in [-0.05, 0) is 67.6 Å². The number of anilines is 2. The maximum absolute atomic E-state index is 12.8. The van der Waals surface area contributed by atoms with Crippen LogP contribution in [0.4, 0.5) is 11.4 Å². The van der Waals surface area contributed by atoms with Crippen molar-refractivity contribution in [3.8, 4) is 5.75 Å². The van der Waals surface area contributed by atoms with Crippen LogP contribution in [0.1, 0.15) is 38.7 Å². The van der Waals surface area contributed by atoms with Gasteiger partial charge >= 0.3 is 0 Å². The van der Waals surface area contributed by atoms with Gasteiger partial charge in [-0.15, -0.1) is 0 Å². The van der Waals surface area contributed by atoms with Crippen molar-refractivity contribution >= 4 is 27.3 Å². The Morgan fingerprint density at radius 1 is 1.10 bits per heavy atom. The van der Waals surface area contributed by atoms with Gasteiger partial charge in [0.2, 0.25) is 5.91 Å². The fourth-order valence-electron chi connectivity index (χ4n) is 3.22. The molecule has 0 aliphatic carbocycles. The molecule has 2 aromatic rings. The Labute approximate surface area is 172 Å². The van der Waals surface area contributed by atoms with Gasteiger partial charge in [0.05, 0.1) is 17.2 Å². The zero-order valence-corrected chi connectivity index (χ0v) is 18.0. The number of ether oxygens (including phenoxy) is 1. The van der Waals surface area contributed by atoms with Gasteiger partial charge in [0.1, 0.15) is 5.75 Å². The van der Waals surface area contributed by atoms with Crippen molar-refractivity contribution in [3.63, 3.8) is 0 Å². The minimum absolute atomic E-state index is 0.0799. The molecule has 1 amide bonds. The van der Waals surface area contributed by atoms with Crippen LogP contribution in [0.15, 0.2) is 47.4 Å². The topological polar surface area (TPSA) is 75.7 Å². The first-order valence-corrected chi connectivity index (χ1v) is 11.4. The molecule has 0 radical (unpaired) electrons. The second-order valence-electron chi connectivity index (χ2n) is 7.79. The van der Waals surface area contributed by atoms with Gasteiger partial charge in [0.25, 0.3) is 10.0 Å². The third kappa shape index (κ3) is 5.29. The van der Waals surface area contributed by atoms with Crippen LogP contribution in [-0.4, -0.2) is 27.5 Å². The van der Waals surface area contributed by atoms with E-state index in [0.717, 1.165) is 24.1 Å². The largest absolute Gasteiger partial charge is 0.493 e. The molecule has 7 heteroatoms. The van der Waals surface area contributed by atoms with Crippen molar-refractivity contribution in [3.05, 3.63) is 48.0 Å². The lowest BCUT2D eigenvalue weighted by molar-refractivity contribution is -0.119. The number of nitrogens with zero attached hydrogens (tertiary/aromatic N) is 1. The number of carbonyl (C=O) groups excluding carboxylic acids is 1. The number of hydrogen-bond acceptors (Lipinski definition) is 4. The van der Waals surface area contributed by atoms with E-state index < -0.39 is 10.0 Å². The summed E-state index contributed by atoms with van der Waals surface area (Å²) in [5.74, 6) is 1.11. The molecule has 1 aliphatic rings. The number of hydrogen-bond donors (Lipinski definition) is 1. The van der Waals surface area contributed by atoms with Crippen molar-refractivity contribution in [2.75, 3.05) is 22.8 Å². The molecule has 29 heavy (non-hydrogen) atoms. The fourth-order valence-corrected chi connectivity index (χ4v) is 4.27. The first-order valence-electron chi connectivity index (χ1n) is 9.93. The zero-order valence-electron chi connectivity index (χ0n) is 17.1. The first-order chi connectivity index (χ1) is 13.8. The first kappa shape index (κ1) is 21.2. The molecular weight excluding hydrogens is 388 g/mol. The van der Waals surface area contributed by atoms with Gasteiger partial charge in [-0.25, -0.2) is 8.42 Å². The van der Waals surface area contributed by atoms with E-state index >= 15 is 0 Å². The molecule has 0 saturated carbocycles. The van der Waals surface area contributed by atoms with E-state index in [9.17, 15) is 13.2 Å². The number of rotatable bonds is 7. The van der Waals surface area contributed by atoms with Gasteiger partial charge in [0.15, 0.2) is 0 Å². The molecule has 2 aromatic carbocycles. The number of amides is 1. The number of piperidine rings is 1. The molecule has 1 aliphatic heterocycles. The Kier molecular flexibility index (Phi) is 6.47. The van der Waals surface area contributed by atoms with Gasteiger partial charge in [0, 0.05) is 18.7 Å². The van der Waals surface area contributed by atoms with E-state index in [1.165, 1.54) is 12.1 Å². The predicted molar refractivity (Wildman–Crippen MR) is 115 cm³/mol. The van der Waals surface area contributed by atoms with E-state index in [2.05, 4.69) is 18.6 Å². The zero-order chi connectivity index (χ0) is 21.0. The van der Waals surface area contributed by atoms with Crippen LogP contribution >= 0.6 is 0 Å². The van der Waals surface area contributed by atoms with Gasteiger partial charge in [-0.2, -0.15) is 0 Å². The van der Waals surface area contributed by atoms with E-state index in [-0.39, 0.29) is 10.8 Å². The van der Waals surface area contributed by atoms with Crippen LogP contribution in [0.3, 0.4) is 0 Å². The summed E-state index contributed by atoms with van der Waals surface area (Å²) in [4.78, 5) is 14.2. The minimum atomic E-state index is -3.74. The highest BCUT2D eigenvalue weighted by Crippen LogP contribution is 2.29. The van der Waals surface area contributed by atoms with Crippen molar-refractivity contribution in [1.82, 2.24) is 0 Å². The lowest BCUT2D eigenvalue weighted by Crippen LogP contribution is -2.35. The Morgan fingerprint density at radius 2 is 1.83 bits per heavy atom. The molecule has 6 nitrogen and oxygen atoms in total. The summed E-state index contributed by atoms with van der Waals surface area (Å²) in [5, 5.41) is 0. The lowest BCUT2D eigenvalue weighted by atomic mass is 10.1. The number of carbonyl (C=O) groups is 1. The molecule has 0 aromatic heterocycles. The summed E-state index contributed by atoms with van der Waals surface area (Å²) in [6.07, 6.45) is 2.38. The highest BCUT2D eigenvalue weighted by atomic mass is 32.2. The number of aryl methyl sites for hydroxylation is 1. The van der Waals surface area contributed by atoms with Gasteiger partial charge in [-0.3, -0.25) is 9.52 Å². The second kappa shape index (κ2) is 8.86. The van der Waals surface area contributed by atoms with Crippen molar-refractivity contribution in [2.24, 2.45) is 5.92 Å². The summed E-state index contributed by atoms with van der Waals surface area (Å²) in [7, 11) is -3.74. The highest BCUT2D eigenvalue weighted by Gasteiger charge is 2.22. The molecule has 1 saturated heterocycles. The SMILES string of the molecule is Cc1ccc(NS(=O)(=O)c2ccc(OCC(C)C)cc2)cc1N1CCCCC1=O. The number of nitrogens with one attached hydrogen (secondary N) is 1. The third-order valence-corrected chi connectivity index (χ3v) is 6.19. The van der Waals surface area contributed by atoms with Gasteiger partial charge < -0.3 is 9.64 Å². The molecular formula is C22H28N2O4S. The molecule has 0 atom stereocenters. The van der Waals surface area contributed by atoms with Gasteiger partial charge in [-0.1, -0.05) is 19.9 Å². The fraction of sp³-hybridized carbons (Fsp3) is 0.409. The number of sulfonamides is 1. The molecule has 1 heterocycles. The van der Waals surface area contributed by atoms with Crippen LogP contribution in [-0.2, 0) is 14.8 Å². The predicted octanol–water partition coefficient (Wildman–Crippen LogP) is 4.35. The average Bonchev–Trinajstić information content (AvgIpc) is 2.68. The van der Waals surface area contributed by atoms with E-state index in [1.54, 1.807) is 29.2 Å². The van der Waals surface area contributed by atoms with Crippen molar-refractivity contribution in [1.29, 1.82) is 0 Å². The smallest absolute Gasteiger partial charge is 0.261 e. The molecule has 0 unspecified atom stereocenters. The summed E-state index contributed by atoms with van der Waals surface area (Å²) < 4.78 is 33.8.